The number of hydrogen-bond donors (Lipinski definition) is 3. The highest BCUT2D eigenvalue weighted by atomic mass is 32.1. The predicted molar refractivity (Wildman–Crippen MR) is 157 cm³/mol. The van der Waals surface area contributed by atoms with E-state index < -0.39 is 0 Å². The normalized spacial score (nSPS) is 16.7. The third kappa shape index (κ3) is 4.81. The molecule has 2 atom stereocenters. The van der Waals surface area contributed by atoms with Crippen LogP contribution in [0.1, 0.15) is 48.1 Å². The fourth-order valence-electron chi connectivity index (χ4n) is 5.23. The van der Waals surface area contributed by atoms with Crippen LogP contribution in [0.4, 0.5) is 11.4 Å². The SMILES string of the molecule is CCC(=O)Nc1ccc(N2C(=S)NC(c3ccccn3)C2c2cc(C)n(-c3ccccc3O)c2C)cc1OC. The zero-order valence-corrected chi connectivity index (χ0v) is 23.1. The Kier molecular flexibility index (Phi) is 7.26. The zero-order chi connectivity index (χ0) is 27.7. The van der Waals surface area contributed by atoms with Crippen LogP contribution in [-0.2, 0) is 4.79 Å². The van der Waals surface area contributed by atoms with Crippen LogP contribution in [0.15, 0.2) is 72.9 Å². The smallest absolute Gasteiger partial charge is 0.224 e. The van der Waals surface area contributed by atoms with Crippen LogP contribution in [0.25, 0.3) is 5.69 Å². The Morgan fingerprint density at radius 2 is 1.90 bits per heavy atom. The number of carbonyl (C=O) groups is 1. The monoisotopic (exact) mass is 541 g/mol. The molecule has 5 rings (SSSR count). The number of nitrogens with zero attached hydrogens (tertiary/aromatic N) is 3. The highest BCUT2D eigenvalue weighted by Crippen LogP contribution is 2.45. The van der Waals surface area contributed by atoms with Crippen LogP contribution in [0, 0.1) is 13.8 Å². The molecule has 2 aromatic heterocycles. The van der Waals surface area contributed by atoms with Gasteiger partial charge in [-0.05, 0) is 74.1 Å². The van der Waals surface area contributed by atoms with Crippen LogP contribution in [0.3, 0.4) is 0 Å². The second-order valence-corrected chi connectivity index (χ2v) is 9.82. The molecule has 0 radical (unpaired) electrons. The van der Waals surface area contributed by atoms with Gasteiger partial charge in [-0.15, -0.1) is 0 Å². The first-order valence-corrected chi connectivity index (χ1v) is 13.2. The van der Waals surface area contributed by atoms with E-state index in [1.54, 1.807) is 26.3 Å². The van der Waals surface area contributed by atoms with Crippen molar-refractivity contribution in [2.45, 2.75) is 39.3 Å². The number of rotatable bonds is 7. The Morgan fingerprint density at radius 3 is 2.59 bits per heavy atom. The van der Waals surface area contributed by atoms with Gasteiger partial charge in [0.15, 0.2) is 5.11 Å². The number of ether oxygens (including phenoxy) is 1. The summed E-state index contributed by atoms with van der Waals surface area (Å²) in [6, 6.07) is 20.5. The number of aromatic hydroxyl groups is 1. The Hall–Kier alpha value is -4.37. The van der Waals surface area contributed by atoms with E-state index >= 15 is 0 Å². The van der Waals surface area contributed by atoms with E-state index in [2.05, 4.69) is 31.2 Å². The molecule has 1 fully saturated rings. The molecule has 9 heteroatoms. The summed E-state index contributed by atoms with van der Waals surface area (Å²) in [6.45, 7) is 5.88. The van der Waals surface area contributed by atoms with E-state index in [0.717, 1.165) is 28.3 Å². The van der Waals surface area contributed by atoms with Crippen LogP contribution in [0.5, 0.6) is 11.5 Å². The molecule has 1 saturated heterocycles. The zero-order valence-electron chi connectivity index (χ0n) is 22.3. The third-order valence-corrected chi connectivity index (χ3v) is 7.38. The van der Waals surface area contributed by atoms with E-state index in [1.807, 2.05) is 68.4 Å². The predicted octanol–water partition coefficient (Wildman–Crippen LogP) is 5.73. The lowest BCUT2D eigenvalue weighted by molar-refractivity contribution is -0.115. The molecule has 3 heterocycles. The van der Waals surface area contributed by atoms with E-state index in [4.69, 9.17) is 17.0 Å². The first kappa shape index (κ1) is 26.2. The molecule has 2 aromatic carbocycles. The maximum absolute atomic E-state index is 12.1. The molecule has 200 valence electrons. The maximum Gasteiger partial charge on any atom is 0.224 e. The third-order valence-electron chi connectivity index (χ3n) is 7.07. The minimum Gasteiger partial charge on any atom is -0.506 e. The minimum atomic E-state index is -0.251. The highest BCUT2D eigenvalue weighted by Gasteiger charge is 2.42. The Labute approximate surface area is 233 Å². The van der Waals surface area contributed by atoms with Gasteiger partial charge in [-0.1, -0.05) is 25.1 Å². The molecule has 39 heavy (non-hydrogen) atoms. The number of carbonyl (C=O) groups excluding carboxylic acids is 1. The van der Waals surface area contributed by atoms with Gasteiger partial charge >= 0.3 is 0 Å². The van der Waals surface area contributed by atoms with E-state index in [0.29, 0.717) is 28.7 Å². The summed E-state index contributed by atoms with van der Waals surface area (Å²) in [4.78, 5) is 18.8. The van der Waals surface area contributed by atoms with Crippen LogP contribution in [-0.4, -0.2) is 32.8 Å². The minimum absolute atomic E-state index is 0.0934. The number of phenolic OH excluding ortho intramolecular Hbond substituents is 1. The van der Waals surface area contributed by atoms with Crippen molar-refractivity contribution in [1.29, 1.82) is 0 Å². The molecule has 4 aromatic rings. The van der Waals surface area contributed by atoms with E-state index in [9.17, 15) is 9.90 Å². The van der Waals surface area contributed by atoms with Gasteiger partial charge < -0.3 is 29.9 Å². The summed E-state index contributed by atoms with van der Waals surface area (Å²) in [5.74, 6) is 0.652. The summed E-state index contributed by atoms with van der Waals surface area (Å²) < 4.78 is 7.71. The molecule has 1 amide bonds. The molecule has 8 nitrogen and oxygen atoms in total. The van der Waals surface area contributed by atoms with Gasteiger partial charge in [0.05, 0.1) is 36.3 Å². The number of thiocarbonyl (C=S) groups is 1. The lowest BCUT2D eigenvalue weighted by Gasteiger charge is -2.29. The van der Waals surface area contributed by atoms with Crippen molar-refractivity contribution < 1.29 is 14.6 Å². The fourth-order valence-corrected chi connectivity index (χ4v) is 5.58. The van der Waals surface area contributed by atoms with Crippen molar-refractivity contribution in [2.24, 2.45) is 0 Å². The molecule has 2 unspecified atom stereocenters. The fraction of sp³-hybridized carbons (Fsp3) is 0.233. The first-order chi connectivity index (χ1) is 18.8. The topological polar surface area (TPSA) is 91.7 Å². The van der Waals surface area contributed by atoms with Crippen molar-refractivity contribution in [1.82, 2.24) is 14.9 Å². The summed E-state index contributed by atoms with van der Waals surface area (Å²) in [7, 11) is 1.58. The largest absolute Gasteiger partial charge is 0.506 e. The average Bonchev–Trinajstić information content (AvgIpc) is 3.44. The second kappa shape index (κ2) is 10.8. The number of phenols is 1. The number of aromatic nitrogens is 2. The van der Waals surface area contributed by atoms with E-state index in [1.165, 1.54) is 0 Å². The van der Waals surface area contributed by atoms with Crippen LogP contribution in [0.2, 0.25) is 0 Å². The number of aryl methyl sites for hydroxylation is 1. The lowest BCUT2D eigenvalue weighted by Crippen LogP contribution is -2.29. The Bertz CT molecular complexity index is 1540. The van der Waals surface area contributed by atoms with Crippen molar-refractivity contribution in [3.05, 3.63) is 95.6 Å². The molecule has 0 aliphatic carbocycles. The van der Waals surface area contributed by atoms with Crippen molar-refractivity contribution >= 4 is 34.6 Å². The van der Waals surface area contributed by atoms with Gasteiger partial charge in [0.2, 0.25) is 5.91 Å². The number of para-hydroxylation sites is 2. The molecular weight excluding hydrogens is 510 g/mol. The van der Waals surface area contributed by atoms with Crippen molar-refractivity contribution in [3.8, 4) is 17.2 Å². The molecule has 1 aliphatic heterocycles. The summed E-state index contributed by atoms with van der Waals surface area (Å²) in [5, 5.41) is 17.6. The summed E-state index contributed by atoms with van der Waals surface area (Å²) in [5.41, 5.74) is 5.99. The van der Waals surface area contributed by atoms with Crippen LogP contribution >= 0.6 is 12.2 Å². The molecule has 0 bridgehead atoms. The van der Waals surface area contributed by atoms with Gasteiger partial charge in [0.25, 0.3) is 0 Å². The Morgan fingerprint density at radius 1 is 1.13 bits per heavy atom. The molecule has 3 N–H and O–H groups in total. The number of pyridine rings is 1. The van der Waals surface area contributed by atoms with Gasteiger partial charge in [0.1, 0.15) is 11.5 Å². The molecular formula is C30H31N5O3S. The number of amides is 1. The second-order valence-electron chi connectivity index (χ2n) is 9.43. The maximum atomic E-state index is 12.1. The van der Waals surface area contributed by atoms with Gasteiger partial charge in [-0.25, -0.2) is 0 Å². The quantitative estimate of drug-likeness (QED) is 0.258. The molecule has 0 spiro atoms. The average molecular weight is 542 g/mol. The van der Waals surface area contributed by atoms with E-state index in [-0.39, 0.29) is 23.7 Å². The standard InChI is InChI=1S/C30H31N5O3S/c1-5-27(37)32-22-14-13-20(17-26(22)38-4)35-29(28(33-30(35)39)23-10-8-9-15-31-23)21-16-18(2)34(19(21)3)24-11-6-7-12-25(24)36/h6-17,28-29,36H,5H2,1-4H3,(H,32,37)(H,33,39). The lowest BCUT2D eigenvalue weighted by atomic mass is 9.96. The number of anilines is 2. The van der Waals surface area contributed by atoms with Gasteiger partial charge in [-0.2, -0.15) is 0 Å². The number of methoxy groups -OCH3 is 1. The van der Waals surface area contributed by atoms with Crippen molar-refractivity contribution in [2.75, 3.05) is 17.3 Å². The number of nitrogens with one attached hydrogen (secondary N) is 2. The van der Waals surface area contributed by atoms with Gasteiger partial charge in [0, 0.05) is 35.8 Å². The number of benzene rings is 2. The molecule has 0 saturated carbocycles. The summed E-state index contributed by atoms with van der Waals surface area (Å²) in [6.07, 6.45) is 2.14. The Balaban J connectivity index is 1.66. The summed E-state index contributed by atoms with van der Waals surface area (Å²) >= 11 is 5.90. The number of hydrogen-bond acceptors (Lipinski definition) is 5. The van der Waals surface area contributed by atoms with Crippen LogP contribution < -0.4 is 20.3 Å². The van der Waals surface area contributed by atoms with Crippen molar-refractivity contribution in [3.63, 3.8) is 0 Å². The van der Waals surface area contributed by atoms with Gasteiger partial charge in [-0.3, -0.25) is 9.78 Å². The highest BCUT2D eigenvalue weighted by molar-refractivity contribution is 7.80. The molecule has 1 aliphatic rings. The first-order valence-electron chi connectivity index (χ1n) is 12.8.